The summed E-state index contributed by atoms with van der Waals surface area (Å²) in [7, 11) is -3.74. The Balaban J connectivity index is 1.95. The van der Waals surface area contributed by atoms with Crippen molar-refractivity contribution >= 4 is 21.9 Å². The van der Waals surface area contributed by atoms with Crippen LogP contribution in [0.4, 0.5) is 0 Å². The molecule has 24 heavy (non-hydrogen) atoms. The van der Waals surface area contributed by atoms with Gasteiger partial charge in [-0.3, -0.25) is 4.79 Å². The lowest BCUT2D eigenvalue weighted by molar-refractivity contribution is -0.152. The molecule has 2 fully saturated rings. The minimum absolute atomic E-state index is 0.115. The SMILES string of the molecule is CC1CCC(NS(=O)(=O)CC(=O)N2CCC(C)CC2C(=O)O)CC1. The fraction of sp³-hybridized carbons (Fsp3) is 0.875. The van der Waals surface area contributed by atoms with E-state index < -0.39 is 33.7 Å². The number of rotatable bonds is 5. The molecule has 138 valence electrons. The van der Waals surface area contributed by atoms with Gasteiger partial charge in [-0.05, 0) is 50.4 Å². The minimum atomic E-state index is -3.74. The summed E-state index contributed by atoms with van der Waals surface area (Å²) in [6.45, 7) is 4.39. The maximum absolute atomic E-state index is 12.4. The van der Waals surface area contributed by atoms with Crippen LogP contribution in [0.2, 0.25) is 0 Å². The van der Waals surface area contributed by atoms with Crippen LogP contribution in [0.25, 0.3) is 0 Å². The number of carboxylic acids is 1. The first kappa shape index (κ1) is 19.2. The van der Waals surface area contributed by atoms with Crippen molar-refractivity contribution in [3.63, 3.8) is 0 Å². The van der Waals surface area contributed by atoms with Gasteiger partial charge in [0.15, 0.2) is 0 Å². The number of sulfonamides is 1. The summed E-state index contributed by atoms with van der Waals surface area (Å²) < 4.78 is 27.2. The first-order chi connectivity index (χ1) is 11.2. The van der Waals surface area contributed by atoms with Crippen LogP contribution in [-0.2, 0) is 19.6 Å². The normalized spacial score (nSPS) is 31.7. The molecule has 0 bridgehead atoms. The average Bonchev–Trinajstić information content (AvgIpc) is 2.48. The van der Waals surface area contributed by atoms with Crippen molar-refractivity contribution in [1.29, 1.82) is 0 Å². The second-order valence-electron chi connectivity index (χ2n) is 7.40. The Morgan fingerprint density at radius 1 is 1.08 bits per heavy atom. The maximum atomic E-state index is 12.4. The van der Waals surface area contributed by atoms with Gasteiger partial charge in [0.1, 0.15) is 11.8 Å². The minimum Gasteiger partial charge on any atom is -0.480 e. The van der Waals surface area contributed by atoms with Crippen molar-refractivity contribution in [1.82, 2.24) is 9.62 Å². The van der Waals surface area contributed by atoms with E-state index in [1.807, 2.05) is 6.92 Å². The van der Waals surface area contributed by atoms with Crippen molar-refractivity contribution in [2.24, 2.45) is 11.8 Å². The summed E-state index contributed by atoms with van der Waals surface area (Å²) in [4.78, 5) is 25.0. The van der Waals surface area contributed by atoms with Crippen LogP contribution in [0.15, 0.2) is 0 Å². The van der Waals surface area contributed by atoms with Gasteiger partial charge in [-0.1, -0.05) is 13.8 Å². The highest BCUT2D eigenvalue weighted by Crippen LogP contribution is 2.25. The van der Waals surface area contributed by atoms with E-state index in [9.17, 15) is 23.1 Å². The zero-order valence-electron chi connectivity index (χ0n) is 14.4. The highest BCUT2D eigenvalue weighted by atomic mass is 32.2. The number of nitrogens with zero attached hydrogens (tertiary/aromatic N) is 1. The molecule has 0 radical (unpaired) electrons. The van der Waals surface area contributed by atoms with Gasteiger partial charge in [0.05, 0.1) is 0 Å². The Morgan fingerprint density at radius 3 is 2.29 bits per heavy atom. The summed E-state index contributed by atoms with van der Waals surface area (Å²) in [6, 6.07) is -1.04. The van der Waals surface area contributed by atoms with E-state index in [0.717, 1.165) is 25.7 Å². The maximum Gasteiger partial charge on any atom is 0.326 e. The van der Waals surface area contributed by atoms with Crippen molar-refractivity contribution in [2.45, 2.75) is 64.5 Å². The molecule has 1 aliphatic heterocycles. The molecule has 1 saturated heterocycles. The number of carbonyl (C=O) groups excluding carboxylic acids is 1. The zero-order valence-corrected chi connectivity index (χ0v) is 15.2. The van der Waals surface area contributed by atoms with Gasteiger partial charge in [0.2, 0.25) is 15.9 Å². The number of likely N-dealkylation sites (tertiary alicyclic amines) is 1. The lowest BCUT2D eigenvalue weighted by Gasteiger charge is -2.36. The lowest BCUT2D eigenvalue weighted by Crippen LogP contribution is -2.52. The van der Waals surface area contributed by atoms with E-state index in [0.29, 0.717) is 25.3 Å². The highest BCUT2D eigenvalue weighted by Gasteiger charge is 2.36. The Kier molecular flexibility index (Phi) is 6.25. The molecule has 1 saturated carbocycles. The number of carboxylic acid groups (broad SMARTS) is 1. The standard InChI is InChI=1S/C16H28N2O5S/c1-11-3-5-13(6-4-11)17-24(22,23)10-15(19)18-8-7-12(2)9-14(18)16(20)21/h11-14,17H,3-10H2,1-2H3,(H,20,21). The molecule has 8 heteroatoms. The van der Waals surface area contributed by atoms with Gasteiger partial charge in [-0.2, -0.15) is 0 Å². The van der Waals surface area contributed by atoms with Crippen molar-refractivity contribution in [2.75, 3.05) is 12.3 Å². The van der Waals surface area contributed by atoms with E-state index >= 15 is 0 Å². The summed E-state index contributed by atoms with van der Waals surface area (Å²) >= 11 is 0. The van der Waals surface area contributed by atoms with Crippen LogP contribution in [0.5, 0.6) is 0 Å². The molecule has 1 amide bonds. The number of carbonyl (C=O) groups is 2. The van der Waals surface area contributed by atoms with Crippen LogP contribution < -0.4 is 4.72 Å². The summed E-state index contributed by atoms with van der Waals surface area (Å²) in [5.74, 6) is -1.53. The van der Waals surface area contributed by atoms with E-state index in [-0.39, 0.29) is 12.0 Å². The molecule has 1 heterocycles. The summed E-state index contributed by atoms with van der Waals surface area (Å²) in [5, 5.41) is 9.30. The first-order valence-corrected chi connectivity index (χ1v) is 10.4. The Labute approximate surface area is 143 Å². The predicted molar refractivity (Wildman–Crippen MR) is 89.9 cm³/mol. The lowest BCUT2D eigenvalue weighted by atomic mass is 9.88. The van der Waals surface area contributed by atoms with Gasteiger partial charge >= 0.3 is 5.97 Å². The van der Waals surface area contributed by atoms with Crippen molar-refractivity contribution < 1.29 is 23.1 Å². The smallest absolute Gasteiger partial charge is 0.326 e. The second kappa shape index (κ2) is 7.82. The first-order valence-electron chi connectivity index (χ1n) is 8.70. The Morgan fingerprint density at radius 2 is 1.71 bits per heavy atom. The molecular formula is C16H28N2O5S. The molecular weight excluding hydrogens is 332 g/mol. The van der Waals surface area contributed by atoms with Crippen LogP contribution in [0, 0.1) is 11.8 Å². The number of hydrogen-bond donors (Lipinski definition) is 2. The van der Waals surface area contributed by atoms with Gasteiger partial charge in [0, 0.05) is 12.6 Å². The van der Waals surface area contributed by atoms with Gasteiger partial charge in [-0.15, -0.1) is 0 Å². The van der Waals surface area contributed by atoms with E-state index in [1.54, 1.807) is 0 Å². The number of aliphatic carboxylic acids is 1. The van der Waals surface area contributed by atoms with Gasteiger partial charge in [0.25, 0.3) is 0 Å². The van der Waals surface area contributed by atoms with Crippen LogP contribution in [0.3, 0.4) is 0 Å². The molecule has 2 unspecified atom stereocenters. The molecule has 7 nitrogen and oxygen atoms in total. The van der Waals surface area contributed by atoms with E-state index in [4.69, 9.17) is 0 Å². The van der Waals surface area contributed by atoms with Crippen LogP contribution in [0.1, 0.15) is 52.4 Å². The summed E-state index contributed by atoms with van der Waals surface area (Å²) in [6.07, 6.45) is 4.60. The molecule has 2 N–H and O–H groups in total. The second-order valence-corrected chi connectivity index (χ2v) is 9.16. The molecule has 0 aromatic heterocycles. The largest absolute Gasteiger partial charge is 0.480 e. The third-order valence-electron chi connectivity index (χ3n) is 5.15. The number of hydrogen-bond acceptors (Lipinski definition) is 4. The average molecular weight is 360 g/mol. The molecule has 2 rings (SSSR count). The van der Waals surface area contributed by atoms with Crippen LogP contribution in [-0.4, -0.2) is 54.7 Å². The monoisotopic (exact) mass is 360 g/mol. The molecule has 0 aromatic carbocycles. The topological polar surface area (TPSA) is 104 Å². The third kappa shape index (κ3) is 5.17. The summed E-state index contributed by atoms with van der Waals surface area (Å²) in [5.41, 5.74) is 0. The predicted octanol–water partition coefficient (Wildman–Crippen LogP) is 1.20. The van der Waals surface area contributed by atoms with Crippen molar-refractivity contribution in [3.05, 3.63) is 0 Å². The fourth-order valence-corrected chi connectivity index (χ4v) is 4.91. The Hall–Kier alpha value is -1.15. The van der Waals surface area contributed by atoms with Crippen molar-refractivity contribution in [3.8, 4) is 0 Å². The number of nitrogens with one attached hydrogen (secondary N) is 1. The van der Waals surface area contributed by atoms with Crippen LogP contribution >= 0.6 is 0 Å². The molecule has 0 spiro atoms. The number of amides is 1. The highest BCUT2D eigenvalue weighted by molar-refractivity contribution is 7.90. The molecule has 2 aliphatic rings. The van der Waals surface area contributed by atoms with Gasteiger partial charge < -0.3 is 10.0 Å². The molecule has 1 aliphatic carbocycles. The zero-order chi connectivity index (χ0) is 17.9. The molecule has 0 aromatic rings. The third-order valence-corrected chi connectivity index (χ3v) is 6.47. The Bertz CT molecular complexity index is 569. The fourth-order valence-electron chi connectivity index (χ4n) is 3.59. The number of piperidine rings is 1. The van der Waals surface area contributed by atoms with E-state index in [1.165, 1.54) is 4.90 Å². The quantitative estimate of drug-likeness (QED) is 0.766. The van der Waals surface area contributed by atoms with Gasteiger partial charge in [-0.25, -0.2) is 17.9 Å². The molecule has 2 atom stereocenters. The van der Waals surface area contributed by atoms with E-state index in [2.05, 4.69) is 11.6 Å².